The molecule has 34 heavy (non-hydrogen) atoms. The maximum absolute atomic E-state index is 13.4. The molecular formula is C23H29Cl2FN6O2. The molecule has 0 saturated carbocycles. The van der Waals surface area contributed by atoms with E-state index < -0.39 is 0 Å². The molecule has 184 valence electrons. The van der Waals surface area contributed by atoms with E-state index in [0.29, 0.717) is 47.0 Å². The molecule has 11 heteroatoms. The van der Waals surface area contributed by atoms with Crippen LogP contribution in [0.15, 0.2) is 35.3 Å². The molecule has 0 aliphatic rings. The highest BCUT2D eigenvalue weighted by Crippen LogP contribution is 2.25. The summed E-state index contributed by atoms with van der Waals surface area (Å²) in [7, 11) is 1.56. The van der Waals surface area contributed by atoms with Crippen molar-refractivity contribution in [3.63, 3.8) is 0 Å². The SMILES string of the molecule is CNC(=O)Cc1c(C)nc(-n2c(C)cnc(NCCc3cccc(F)c3)c2=O)c(C)c1N.Cl.Cl. The molecule has 2 heterocycles. The first-order chi connectivity index (χ1) is 15.2. The van der Waals surface area contributed by atoms with Crippen LogP contribution in [0.25, 0.3) is 5.82 Å². The number of hydrogen-bond acceptors (Lipinski definition) is 6. The summed E-state index contributed by atoms with van der Waals surface area (Å²) in [6.07, 6.45) is 2.22. The Morgan fingerprint density at radius 2 is 1.91 bits per heavy atom. The highest BCUT2D eigenvalue weighted by Gasteiger charge is 2.19. The summed E-state index contributed by atoms with van der Waals surface area (Å²) >= 11 is 0. The number of nitrogens with one attached hydrogen (secondary N) is 2. The lowest BCUT2D eigenvalue weighted by Gasteiger charge is -2.18. The minimum atomic E-state index is -0.363. The Morgan fingerprint density at radius 3 is 2.56 bits per heavy atom. The number of carbonyl (C=O) groups is 1. The number of benzene rings is 1. The topological polar surface area (TPSA) is 115 Å². The molecule has 0 unspecified atom stereocenters. The van der Waals surface area contributed by atoms with Gasteiger partial charge in [0.2, 0.25) is 5.91 Å². The normalized spacial score (nSPS) is 10.1. The van der Waals surface area contributed by atoms with Gasteiger partial charge in [-0.1, -0.05) is 12.1 Å². The summed E-state index contributed by atoms with van der Waals surface area (Å²) in [5, 5.41) is 5.61. The number of hydrogen-bond donors (Lipinski definition) is 3. The van der Waals surface area contributed by atoms with Gasteiger partial charge in [0.25, 0.3) is 5.56 Å². The number of anilines is 2. The second-order valence-electron chi connectivity index (χ2n) is 7.58. The number of nitrogens with two attached hydrogens (primary N) is 1. The van der Waals surface area contributed by atoms with Crippen molar-refractivity contribution in [1.29, 1.82) is 0 Å². The molecular weight excluding hydrogens is 482 g/mol. The van der Waals surface area contributed by atoms with Crippen molar-refractivity contribution in [2.45, 2.75) is 33.6 Å². The molecule has 0 bridgehead atoms. The van der Waals surface area contributed by atoms with E-state index in [1.165, 1.54) is 16.7 Å². The van der Waals surface area contributed by atoms with Gasteiger partial charge in [0.05, 0.1) is 6.42 Å². The van der Waals surface area contributed by atoms with E-state index >= 15 is 0 Å². The molecule has 4 N–H and O–H groups in total. The monoisotopic (exact) mass is 510 g/mol. The van der Waals surface area contributed by atoms with Gasteiger partial charge in [-0.2, -0.15) is 0 Å². The predicted molar refractivity (Wildman–Crippen MR) is 137 cm³/mol. The number of carbonyl (C=O) groups excluding carboxylic acids is 1. The minimum Gasteiger partial charge on any atom is -0.398 e. The van der Waals surface area contributed by atoms with Crippen molar-refractivity contribution < 1.29 is 9.18 Å². The number of aryl methyl sites for hydroxylation is 2. The van der Waals surface area contributed by atoms with E-state index in [2.05, 4.69) is 20.6 Å². The van der Waals surface area contributed by atoms with Gasteiger partial charge >= 0.3 is 0 Å². The number of amides is 1. The van der Waals surface area contributed by atoms with Gasteiger partial charge in [0.1, 0.15) is 11.6 Å². The Hall–Kier alpha value is -3.17. The third kappa shape index (κ3) is 6.24. The van der Waals surface area contributed by atoms with E-state index in [4.69, 9.17) is 5.73 Å². The molecule has 1 aromatic carbocycles. The minimum absolute atomic E-state index is 0. The van der Waals surface area contributed by atoms with Crippen LogP contribution in [-0.4, -0.2) is 34.0 Å². The van der Waals surface area contributed by atoms with E-state index in [1.807, 2.05) is 6.07 Å². The summed E-state index contributed by atoms with van der Waals surface area (Å²) in [5.74, 6) is 0.0982. The third-order valence-corrected chi connectivity index (χ3v) is 5.34. The van der Waals surface area contributed by atoms with E-state index in [1.54, 1.807) is 40.1 Å². The molecule has 0 atom stereocenters. The summed E-state index contributed by atoms with van der Waals surface area (Å²) in [6, 6.07) is 6.32. The Bertz CT molecular complexity index is 1230. The largest absolute Gasteiger partial charge is 0.398 e. The van der Waals surface area contributed by atoms with Gasteiger partial charge in [-0.3, -0.25) is 14.2 Å². The Morgan fingerprint density at radius 1 is 1.21 bits per heavy atom. The number of nitrogen functional groups attached to an aromatic ring is 1. The molecule has 2 aromatic heterocycles. The second kappa shape index (κ2) is 12.3. The Kier molecular flexibility index (Phi) is 10.5. The zero-order valence-electron chi connectivity index (χ0n) is 19.4. The zero-order valence-corrected chi connectivity index (χ0v) is 21.1. The summed E-state index contributed by atoms with van der Waals surface area (Å²) in [5.41, 5.74) is 9.63. The molecule has 3 aromatic rings. The number of aromatic nitrogens is 3. The van der Waals surface area contributed by atoms with Crippen molar-refractivity contribution in [1.82, 2.24) is 19.9 Å². The smallest absolute Gasteiger partial charge is 0.299 e. The van der Waals surface area contributed by atoms with E-state index in [9.17, 15) is 14.0 Å². The van der Waals surface area contributed by atoms with Crippen LogP contribution in [0.5, 0.6) is 0 Å². The summed E-state index contributed by atoms with van der Waals surface area (Å²) < 4.78 is 14.8. The predicted octanol–water partition coefficient (Wildman–Crippen LogP) is 3.06. The van der Waals surface area contributed by atoms with Crippen LogP contribution in [-0.2, 0) is 17.6 Å². The average Bonchev–Trinajstić information content (AvgIpc) is 2.76. The number of likely N-dealkylation sites (N-methyl/N-ethyl adjacent to an activating group) is 1. The molecule has 0 radical (unpaired) electrons. The van der Waals surface area contributed by atoms with Crippen molar-refractivity contribution in [2.24, 2.45) is 0 Å². The highest BCUT2D eigenvalue weighted by molar-refractivity contribution is 5.85. The molecule has 0 aliphatic heterocycles. The second-order valence-corrected chi connectivity index (χ2v) is 7.58. The maximum Gasteiger partial charge on any atom is 0.299 e. The van der Waals surface area contributed by atoms with E-state index in [-0.39, 0.29) is 54.3 Å². The molecule has 3 rings (SSSR count). The fraction of sp³-hybridized carbons (Fsp3) is 0.304. The third-order valence-electron chi connectivity index (χ3n) is 5.34. The lowest BCUT2D eigenvalue weighted by Crippen LogP contribution is -2.28. The fourth-order valence-corrected chi connectivity index (χ4v) is 3.48. The summed E-state index contributed by atoms with van der Waals surface area (Å²) in [6.45, 7) is 5.70. The van der Waals surface area contributed by atoms with Crippen molar-refractivity contribution in [3.8, 4) is 5.82 Å². The summed E-state index contributed by atoms with van der Waals surface area (Å²) in [4.78, 5) is 33.9. The standard InChI is InChI=1S/C23H27FN6O2.2ClH/c1-13-12-28-21(27-9-8-16-6-5-7-17(24)10-16)23(32)30(13)22-14(2)20(25)18(15(3)29-22)11-19(31)26-4;;/h5-7,10,12H,8-9,11H2,1-4H3,(H2,25,29)(H,26,31)(H,27,28);2*1H. The van der Waals surface area contributed by atoms with Crippen LogP contribution < -0.4 is 21.9 Å². The van der Waals surface area contributed by atoms with Gasteiger partial charge in [-0.05, 0) is 44.9 Å². The van der Waals surface area contributed by atoms with Crippen molar-refractivity contribution in [2.75, 3.05) is 24.6 Å². The first-order valence-corrected chi connectivity index (χ1v) is 10.3. The van der Waals surface area contributed by atoms with Crippen LogP contribution >= 0.6 is 24.8 Å². The van der Waals surface area contributed by atoms with Crippen molar-refractivity contribution in [3.05, 3.63) is 74.7 Å². The average molecular weight is 511 g/mol. The molecule has 0 aliphatic carbocycles. The van der Waals surface area contributed by atoms with Gasteiger partial charge < -0.3 is 16.4 Å². The maximum atomic E-state index is 13.4. The fourth-order valence-electron chi connectivity index (χ4n) is 3.48. The van der Waals surface area contributed by atoms with Gasteiger partial charge in [0, 0.05) is 48.0 Å². The number of pyridine rings is 1. The van der Waals surface area contributed by atoms with Gasteiger partial charge in [-0.15, -0.1) is 24.8 Å². The Balaban J connectivity index is 0.00000289. The Labute approximate surface area is 210 Å². The molecule has 8 nitrogen and oxygen atoms in total. The molecule has 1 amide bonds. The quantitative estimate of drug-likeness (QED) is 0.449. The highest BCUT2D eigenvalue weighted by atomic mass is 35.5. The lowest BCUT2D eigenvalue weighted by molar-refractivity contribution is -0.119. The molecule has 0 saturated heterocycles. The number of nitrogens with zero attached hydrogens (tertiary/aromatic N) is 3. The molecule has 0 fully saturated rings. The van der Waals surface area contributed by atoms with Crippen LogP contribution in [0.1, 0.15) is 28.1 Å². The zero-order chi connectivity index (χ0) is 23.4. The van der Waals surface area contributed by atoms with E-state index in [0.717, 1.165) is 5.56 Å². The first-order valence-electron chi connectivity index (χ1n) is 10.3. The van der Waals surface area contributed by atoms with Gasteiger partial charge in [0.15, 0.2) is 5.82 Å². The van der Waals surface area contributed by atoms with Crippen molar-refractivity contribution >= 4 is 42.2 Å². The van der Waals surface area contributed by atoms with Crippen LogP contribution in [0.3, 0.4) is 0 Å². The lowest BCUT2D eigenvalue weighted by atomic mass is 10.0. The van der Waals surface area contributed by atoms with Crippen LogP contribution in [0.2, 0.25) is 0 Å². The number of rotatable bonds is 7. The molecule has 0 spiro atoms. The van der Waals surface area contributed by atoms with Crippen LogP contribution in [0.4, 0.5) is 15.9 Å². The number of halogens is 3. The first kappa shape index (κ1) is 28.9. The van der Waals surface area contributed by atoms with Gasteiger partial charge in [-0.25, -0.2) is 14.4 Å². The van der Waals surface area contributed by atoms with Crippen LogP contribution in [0, 0.1) is 26.6 Å².